The van der Waals surface area contributed by atoms with Gasteiger partial charge in [-0.2, -0.15) is 0 Å². The maximum atomic E-state index is 13.5. The average molecular weight is 571 g/mol. The van der Waals surface area contributed by atoms with E-state index in [2.05, 4.69) is 66.0 Å². The van der Waals surface area contributed by atoms with Crippen LogP contribution in [0.15, 0.2) is 60.7 Å². The Morgan fingerprint density at radius 1 is 0.619 bits per heavy atom. The van der Waals surface area contributed by atoms with E-state index in [0.717, 1.165) is 47.6 Å². The molecule has 0 spiro atoms. The molecule has 0 unspecified atom stereocenters. The molecule has 2 N–H and O–H groups in total. The fraction of sp³-hybridized carbons (Fsp3) is 0.500. The summed E-state index contributed by atoms with van der Waals surface area (Å²) in [6.45, 7) is 17.2. The third kappa shape index (κ3) is 7.04. The van der Waals surface area contributed by atoms with Gasteiger partial charge in [-0.3, -0.25) is 0 Å². The Bertz CT molecular complexity index is 1450. The molecular weight excluding hydrogens is 524 g/mol. The standard InChI is InChI=1S/C36H46N2O4/c1-33(2)19-27(20-34(3,4)37-33)41-31(39)25-15-12-23(13-16-25)26-17-14-24-10-9-11-29(30(24)18-26)32(40)42-28-21-35(5,6)38-36(7,8)22-28/h9-18,27-28,37-38H,19-22H2,1-8H3. The van der Waals surface area contributed by atoms with E-state index in [1.165, 1.54) is 0 Å². The minimum Gasteiger partial charge on any atom is -0.459 e. The van der Waals surface area contributed by atoms with Crippen LogP contribution < -0.4 is 10.6 Å². The minimum absolute atomic E-state index is 0.0985. The maximum absolute atomic E-state index is 13.5. The van der Waals surface area contributed by atoms with E-state index in [4.69, 9.17) is 9.47 Å². The molecule has 6 nitrogen and oxygen atoms in total. The number of hydrogen-bond donors (Lipinski definition) is 2. The van der Waals surface area contributed by atoms with Crippen molar-refractivity contribution in [3.05, 3.63) is 71.8 Å². The first kappa shape index (κ1) is 30.2. The van der Waals surface area contributed by atoms with Crippen LogP contribution in [-0.4, -0.2) is 46.3 Å². The molecule has 0 saturated carbocycles. The number of ether oxygens (including phenoxy) is 2. The van der Waals surface area contributed by atoms with E-state index in [1.807, 2.05) is 60.7 Å². The highest BCUT2D eigenvalue weighted by Gasteiger charge is 2.40. The minimum atomic E-state index is -0.298. The molecule has 2 heterocycles. The SMILES string of the molecule is CC1(C)CC(OC(=O)c2ccc(-c3ccc4cccc(C(=O)OC5CC(C)(C)NC(C)(C)C5)c4c3)cc2)CC(C)(C)N1. The maximum Gasteiger partial charge on any atom is 0.339 e. The summed E-state index contributed by atoms with van der Waals surface area (Å²) in [6, 6.07) is 19.4. The molecule has 6 heteroatoms. The monoisotopic (exact) mass is 570 g/mol. The summed E-state index contributed by atoms with van der Waals surface area (Å²) in [6.07, 6.45) is 2.78. The van der Waals surface area contributed by atoms with Gasteiger partial charge in [-0.1, -0.05) is 36.4 Å². The van der Waals surface area contributed by atoms with E-state index in [1.54, 1.807) is 0 Å². The number of nitrogens with one attached hydrogen (secondary N) is 2. The van der Waals surface area contributed by atoms with Crippen LogP contribution in [0.3, 0.4) is 0 Å². The second kappa shape index (κ2) is 10.8. The molecule has 2 aliphatic rings. The zero-order chi connectivity index (χ0) is 30.5. The number of fused-ring (bicyclic) bond motifs is 1. The molecule has 2 saturated heterocycles. The van der Waals surface area contributed by atoms with Crippen molar-refractivity contribution in [3.8, 4) is 11.1 Å². The summed E-state index contributed by atoms with van der Waals surface area (Å²) in [5.74, 6) is -0.591. The van der Waals surface area contributed by atoms with E-state index < -0.39 is 0 Å². The molecular formula is C36H46N2O4. The lowest BCUT2D eigenvalue weighted by molar-refractivity contribution is -0.00757. The molecule has 0 aliphatic carbocycles. The van der Waals surface area contributed by atoms with E-state index in [-0.39, 0.29) is 46.3 Å². The predicted molar refractivity (Wildman–Crippen MR) is 169 cm³/mol. The molecule has 2 aliphatic heterocycles. The van der Waals surface area contributed by atoms with Gasteiger partial charge in [0.1, 0.15) is 12.2 Å². The van der Waals surface area contributed by atoms with Gasteiger partial charge in [0.05, 0.1) is 11.1 Å². The smallest absolute Gasteiger partial charge is 0.339 e. The molecule has 0 atom stereocenters. The number of hydrogen-bond acceptors (Lipinski definition) is 6. The van der Waals surface area contributed by atoms with Gasteiger partial charge in [-0.05, 0) is 102 Å². The molecule has 3 aromatic carbocycles. The summed E-state index contributed by atoms with van der Waals surface area (Å²) in [7, 11) is 0. The van der Waals surface area contributed by atoms with Crippen molar-refractivity contribution in [2.24, 2.45) is 0 Å². The van der Waals surface area contributed by atoms with Gasteiger partial charge < -0.3 is 20.1 Å². The van der Waals surface area contributed by atoms with Crippen LogP contribution in [-0.2, 0) is 9.47 Å². The molecule has 0 amide bonds. The van der Waals surface area contributed by atoms with Gasteiger partial charge in [0.25, 0.3) is 0 Å². The summed E-state index contributed by atoms with van der Waals surface area (Å²) in [5, 5.41) is 9.11. The van der Waals surface area contributed by atoms with Crippen LogP contribution in [0.25, 0.3) is 21.9 Å². The van der Waals surface area contributed by atoms with E-state index >= 15 is 0 Å². The lowest BCUT2D eigenvalue weighted by atomic mass is 9.81. The Balaban J connectivity index is 1.33. The van der Waals surface area contributed by atoms with Crippen molar-refractivity contribution in [2.75, 3.05) is 0 Å². The van der Waals surface area contributed by atoms with Crippen molar-refractivity contribution >= 4 is 22.7 Å². The topological polar surface area (TPSA) is 76.7 Å². The van der Waals surface area contributed by atoms with Gasteiger partial charge in [0.2, 0.25) is 0 Å². The molecule has 42 heavy (non-hydrogen) atoms. The molecule has 224 valence electrons. The lowest BCUT2D eigenvalue weighted by Gasteiger charge is -2.45. The number of rotatable bonds is 5. The van der Waals surface area contributed by atoms with Gasteiger partial charge >= 0.3 is 11.9 Å². The third-order valence-corrected chi connectivity index (χ3v) is 8.41. The first-order chi connectivity index (χ1) is 19.5. The van der Waals surface area contributed by atoms with E-state index in [0.29, 0.717) is 11.1 Å². The zero-order valence-corrected chi connectivity index (χ0v) is 26.4. The highest BCUT2D eigenvalue weighted by molar-refractivity contribution is 6.05. The Kier molecular flexibility index (Phi) is 7.78. The van der Waals surface area contributed by atoms with Gasteiger partial charge in [0.15, 0.2) is 0 Å². The normalized spacial score (nSPS) is 21.5. The summed E-state index contributed by atoms with van der Waals surface area (Å²) in [4.78, 5) is 26.5. The van der Waals surface area contributed by atoms with Crippen molar-refractivity contribution in [1.82, 2.24) is 10.6 Å². The predicted octanol–water partition coefficient (Wildman–Crippen LogP) is 7.44. The fourth-order valence-electron chi connectivity index (χ4n) is 7.49. The van der Waals surface area contributed by atoms with Crippen LogP contribution in [0, 0.1) is 0 Å². The van der Waals surface area contributed by atoms with Gasteiger partial charge in [-0.25, -0.2) is 9.59 Å². The van der Waals surface area contributed by atoms with Crippen LogP contribution in [0.5, 0.6) is 0 Å². The van der Waals surface area contributed by atoms with Crippen molar-refractivity contribution in [3.63, 3.8) is 0 Å². The number of benzene rings is 3. The van der Waals surface area contributed by atoms with Crippen LogP contribution in [0.2, 0.25) is 0 Å². The Morgan fingerprint density at radius 2 is 1.10 bits per heavy atom. The summed E-state index contributed by atoms with van der Waals surface area (Å²) >= 11 is 0. The number of esters is 2. The summed E-state index contributed by atoms with van der Waals surface area (Å²) in [5.41, 5.74) is 2.60. The van der Waals surface area contributed by atoms with Gasteiger partial charge in [-0.15, -0.1) is 0 Å². The Labute approximate surface area is 250 Å². The second-order valence-corrected chi connectivity index (χ2v) is 15.0. The molecule has 0 bridgehead atoms. The molecule has 3 aromatic rings. The fourth-order valence-corrected chi connectivity index (χ4v) is 7.49. The first-order valence-electron chi connectivity index (χ1n) is 15.1. The molecule has 0 radical (unpaired) electrons. The number of carbonyl (C=O) groups is 2. The Morgan fingerprint density at radius 3 is 1.62 bits per heavy atom. The van der Waals surface area contributed by atoms with Crippen LogP contribution in [0.1, 0.15) is 102 Å². The van der Waals surface area contributed by atoms with Crippen molar-refractivity contribution in [1.29, 1.82) is 0 Å². The van der Waals surface area contributed by atoms with Gasteiger partial charge in [0, 0.05) is 47.8 Å². The number of piperidine rings is 2. The largest absolute Gasteiger partial charge is 0.459 e. The van der Waals surface area contributed by atoms with Crippen LogP contribution >= 0.6 is 0 Å². The quantitative estimate of drug-likeness (QED) is 0.311. The highest BCUT2D eigenvalue weighted by Crippen LogP contribution is 2.33. The van der Waals surface area contributed by atoms with Crippen molar-refractivity contribution in [2.45, 2.75) is 115 Å². The number of carbonyl (C=O) groups excluding carboxylic acids is 2. The molecule has 2 fully saturated rings. The third-order valence-electron chi connectivity index (χ3n) is 8.41. The van der Waals surface area contributed by atoms with Crippen LogP contribution in [0.4, 0.5) is 0 Å². The Hall–Kier alpha value is -3.22. The zero-order valence-electron chi connectivity index (χ0n) is 26.4. The highest BCUT2D eigenvalue weighted by atomic mass is 16.5. The summed E-state index contributed by atoms with van der Waals surface area (Å²) < 4.78 is 12.0. The first-order valence-corrected chi connectivity index (χ1v) is 15.1. The molecule has 0 aromatic heterocycles. The van der Waals surface area contributed by atoms with E-state index in [9.17, 15) is 9.59 Å². The lowest BCUT2D eigenvalue weighted by Crippen LogP contribution is -2.59. The average Bonchev–Trinajstić information content (AvgIpc) is 2.84. The molecule has 5 rings (SSSR count). The van der Waals surface area contributed by atoms with Crippen molar-refractivity contribution < 1.29 is 19.1 Å². The second-order valence-electron chi connectivity index (χ2n) is 15.0.